The molecule has 2 aromatic rings. The Morgan fingerprint density at radius 2 is 2.05 bits per heavy atom. The lowest BCUT2D eigenvalue weighted by molar-refractivity contribution is -0.111. The average molecular weight is 259 g/mol. The summed E-state index contributed by atoms with van der Waals surface area (Å²) >= 11 is 0. The van der Waals surface area contributed by atoms with E-state index in [1.54, 1.807) is 24.3 Å². The van der Waals surface area contributed by atoms with Gasteiger partial charge in [0.15, 0.2) is 0 Å². The summed E-state index contributed by atoms with van der Waals surface area (Å²) in [4.78, 5) is 11.6. The van der Waals surface area contributed by atoms with Crippen LogP contribution >= 0.6 is 0 Å². The van der Waals surface area contributed by atoms with Crippen molar-refractivity contribution in [2.24, 2.45) is 0 Å². The number of furan rings is 1. The zero-order valence-electron chi connectivity index (χ0n) is 10.7. The standard InChI is InChI=1S/C15H14FNO2/c1-10-3-7-13(16)14(9-10)17-15(18)8-6-12-5-4-11(2)19-12/h3-9H,1-2H3,(H,17,18)/b8-6+. The number of aryl methyl sites for hydroxylation is 2. The highest BCUT2D eigenvalue weighted by Crippen LogP contribution is 2.15. The van der Waals surface area contributed by atoms with Gasteiger partial charge in [-0.25, -0.2) is 4.39 Å². The fraction of sp³-hybridized carbons (Fsp3) is 0.133. The molecule has 1 aromatic heterocycles. The molecule has 1 aromatic carbocycles. The van der Waals surface area contributed by atoms with Crippen LogP contribution in [-0.4, -0.2) is 5.91 Å². The van der Waals surface area contributed by atoms with Crippen molar-refractivity contribution in [2.45, 2.75) is 13.8 Å². The van der Waals surface area contributed by atoms with Gasteiger partial charge >= 0.3 is 0 Å². The van der Waals surface area contributed by atoms with Crippen molar-refractivity contribution in [1.82, 2.24) is 0 Å². The summed E-state index contributed by atoms with van der Waals surface area (Å²) in [6, 6.07) is 8.11. The van der Waals surface area contributed by atoms with Gasteiger partial charge in [-0.2, -0.15) is 0 Å². The van der Waals surface area contributed by atoms with Crippen molar-refractivity contribution in [2.75, 3.05) is 5.32 Å². The van der Waals surface area contributed by atoms with E-state index < -0.39 is 11.7 Å². The van der Waals surface area contributed by atoms with E-state index in [2.05, 4.69) is 5.32 Å². The highest BCUT2D eigenvalue weighted by atomic mass is 19.1. The monoisotopic (exact) mass is 259 g/mol. The third-order valence-electron chi connectivity index (χ3n) is 2.54. The summed E-state index contributed by atoms with van der Waals surface area (Å²) in [5, 5.41) is 2.49. The molecule has 0 unspecified atom stereocenters. The fourth-order valence-electron chi connectivity index (χ4n) is 1.61. The molecule has 0 aliphatic heterocycles. The topological polar surface area (TPSA) is 42.2 Å². The van der Waals surface area contributed by atoms with E-state index in [1.807, 2.05) is 13.8 Å². The van der Waals surface area contributed by atoms with Crippen molar-refractivity contribution in [3.63, 3.8) is 0 Å². The number of benzene rings is 1. The summed E-state index contributed by atoms with van der Waals surface area (Å²) in [5.41, 5.74) is 1.05. The molecular formula is C15H14FNO2. The molecule has 1 heterocycles. The number of anilines is 1. The second-order valence-corrected chi connectivity index (χ2v) is 4.25. The lowest BCUT2D eigenvalue weighted by Crippen LogP contribution is -2.09. The van der Waals surface area contributed by atoms with Gasteiger partial charge < -0.3 is 9.73 Å². The van der Waals surface area contributed by atoms with E-state index in [1.165, 1.54) is 18.2 Å². The van der Waals surface area contributed by atoms with E-state index in [0.717, 1.165) is 11.3 Å². The Bertz CT molecular complexity index is 629. The normalized spacial score (nSPS) is 10.9. The zero-order chi connectivity index (χ0) is 13.8. The van der Waals surface area contributed by atoms with Gasteiger partial charge in [-0.05, 0) is 49.8 Å². The van der Waals surface area contributed by atoms with Gasteiger partial charge in [-0.3, -0.25) is 4.79 Å². The zero-order valence-corrected chi connectivity index (χ0v) is 10.7. The molecule has 2 rings (SSSR count). The molecule has 19 heavy (non-hydrogen) atoms. The van der Waals surface area contributed by atoms with Crippen molar-refractivity contribution in [3.05, 3.63) is 59.3 Å². The molecule has 0 spiro atoms. The van der Waals surface area contributed by atoms with Gasteiger partial charge in [0.2, 0.25) is 5.91 Å². The molecule has 0 bridgehead atoms. The minimum atomic E-state index is -0.457. The predicted molar refractivity (Wildman–Crippen MR) is 72.2 cm³/mol. The highest BCUT2D eigenvalue weighted by molar-refractivity contribution is 6.01. The van der Waals surface area contributed by atoms with Gasteiger partial charge in [-0.1, -0.05) is 6.07 Å². The Morgan fingerprint density at radius 1 is 1.26 bits per heavy atom. The second-order valence-electron chi connectivity index (χ2n) is 4.25. The number of hydrogen-bond acceptors (Lipinski definition) is 2. The number of rotatable bonds is 3. The quantitative estimate of drug-likeness (QED) is 0.854. The Labute approximate surface area is 110 Å². The Morgan fingerprint density at radius 3 is 2.74 bits per heavy atom. The molecule has 3 nitrogen and oxygen atoms in total. The van der Waals surface area contributed by atoms with Gasteiger partial charge in [-0.15, -0.1) is 0 Å². The maximum Gasteiger partial charge on any atom is 0.248 e. The number of carbonyl (C=O) groups excluding carboxylic acids is 1. The predicted octanol–water partition coefficient (Wildman–Crippen LogP) is 3.69. The van der Waals surface area contributed by atoms with E-state index in [9.17, 15) is 9.18 Å². The van der Waals surface area contributed by atoms with Crippen LogP contribution in [0.1, 0.15) is 17.1 Å². The maximum absolute atomic E-state index is 13.4. The Hall–Kier alpha value is -2.36. The Kier molecular flexibility index (Phi) is 3.80. The fourth-order valence-corrected chi connectivity index (χ4v) is 1.61. The number of nitrogens with one attached hydrogen (secondary N) is 1. The van der Waals surface area contributed by atoms with Crippen LogP contribution < -0.4 is 5.32 Å². The van der Waals surface area contributed by atoms with E-state index in [0.29, 0.717) is 5.76 Å². The SMILES string of the molecule is Cc1ccc(F)c(NC(=O)/C=C/c2ccc(C)o2)c1. The van der Waals surface area contributed by atoms with Crippen LogP contribution in [-0.2, 0) is 4.79 Å². The van der Waals surface area contributed by atoms with Crippen LogP contribution in [0.3, 0.4) is 0 Å². The first-order chi connectivity index (χ1) is 9.04. The first-order valence-corrected chi connectivity index (χ1v) is 5.86. The van der Waals surface area contributed by atoms with Crippen LogP contribution in [0.15, 0.2) is 40.8 Å². The molecule has 1 amide bonds. The third kappa shape index (κ3) is 3.55. The highest BCUT2D eigenvalue weighted by Gasteiger charge is 2.04. The van der Waals surface area contributed by atoms with E-state index in [-0.39, 0.29) is 5.69 Å². The molecule has 0 atom stereocenters. The largest absolute Gasteiger partial charge is 0.462 e. The molecular weight excluding hydrogens is 245 g/mol. The third-order valence-corrected chi connectivity index (χ3v) is 2.54. The number of amides is 1. The second kappa shape index (κ2) is 5.52. The Balaban J connectivity index is 2.05. The molecule has 0 aliphatic rings. The maximum atomic E-state index is 13.4. The van der Waals surface area contributed by atoms with Gasteiger partial charge in [0.1, 0.15) is 17.3 Å². The van der Waals surface area contributed by atoms with Crippen molar-refractivity contribution >= 4 is 17.7 Å². The smallest absolute Gasteiger partial charge is 0.248 e. The summed E-state index contributed by atoms with van der Waals surface area (Å²) < 4.78 is 18.7. The van der Waals surface area contributed by atoms with Crippen molar-refractivity contribution < 1.29 is 13.6 Å². The lowest BCUT2D eigenvalue weighted by atomic mass is 10.2. The molecule has 1 N–H and O–H groups in total. The molecule has 0 saturated carbocycles. The molecule has 0 radical (unpaired) electrons. The molecule has 98 valence electrons. The van der Waals surface area contributed by atoms with E-state index in [4.69, 9.17) is 4.42 Å². The first kappa shape index (κ1) is 13.1. The summed E-state index contributed by atoms with van der Waals surface area (Å²) in [6.07, 6.45) is 2.84. The molecule has 0 saturated heterocycles. The van der Waals surface area contributed by atoms with Crippen LogP contribution in [0.25, 0.3) is 6.08 Å². The molecule has 0 aliphatic carbocycles. The van der Waals surface area contributed by atoms with Crippen LogP contribution in [0, 0.1) is 19.7 Å². The summed E-state index contributed by atoms with van der Waals surface area (Å²) in [7, 11) is 0. The van der Waals surface area contributed by atoms with Crippen LogP contribution in [0.5, 0.6) is 0 Å². The minimum Gasteiger partial charge on any atom is -0.462 e. The van der Waals surface area contributed by atoms with Gasteiger partial charge in [0, 0.05) is 6.08 Å². The van der Waals surface area contributed by atoms with Gasteiger partial charge in [0.05, 0.1) is 5.69 Å². The minimum absolute atomic E-state index is 0.172. The average Bonchev–Trinajstić information content (AvgIpc) is 2.77. The summed E-state index contributed by atoms with van der Waals surface area (Å²) in [6.45, 7) is 3.65. The summed E-state index contributed by atoms with van der Waals surface area (Å²) in [5.74, 6) is 0.488. The number of halogens is 1. The number of carbonyl (C=O) groups is 1. The lowest BCUT2D eigenvalue weighted by Gasteiger charge is -2.04. The van der Waals surface area contributed by atoms with Gasteiger partial charge in [0.25, 0.3) is 0 Å². The van der Waals surface area contributed by atoms with Crippen molar-refractivity contribution in [3.8, 4) is 0 Å². The first-order valence-electron chi connectivity index (χ1n) is 5.86. The van der Waals surface area contributed by atoms with E-state index >= 15 is 0 Å². The number of hydrogen-bond donors (Lipinski definition) is 1. The van der Waals surface area contributed by atoms with Crippen LogP contribution in [0.4, 0.5) is 10.1 Å². The molecule has 0 fully saturated rings. The molecule has 4 heteroatoms. The van der Waals surface area contributed by atoms with Crippen molar-refractivity contribution in [1.29, 1.82) is 0 Å². The van der Waals surface area contributed by atoms with Crippen LogP contribution in [0.2, 0.25) is 0 Å².